The summed E-state index contributed by atoms with van der Waals surface area (Å²) in [4.78, 5) is 38.9. The van der Waals surface area contributed by atoms with Crippen molar-refractivity contribution in [3.05, 3.63) is 65.7 Å². The van der Waals surface area contributed by atoms with Crippen LogP contribution in [0.5, 0.6) is 0 Å². The first kappa shape index (κ1) is 26.4. The fourth-order valence-corrected chi connectivity index (χ4v) is 4.08. The molecule has 8 heteroatoms. The Morgan fingerprint density at radius 2 is 1.85 bits per heavy atom. The number of para-hydroxylation sites is 1. The molecule has 33 heavy (non-hydrogen) atoms. The predicted octanol–water partition coefficient (Wildman–Crippen LogP) is 3.39. The highest BCUT2D eigenvalue weighted by Gasteiger charge is 2.33. The van der Waals surface area contributed by atoms with E-state index in [1.807, 2.05) is 42.5 Å². The summed E-state index contributed by atoms with van der Waals surface area (Å²) in [7, 11) is 0. The van der Waals surface area contributed by atoms with Crippen molar-refractivity contribution in [2.24, 2.45) is 0 Å². The van der Waals surface area contributed by atoms with E-state index in [2.05, 4.69) is 5.32 Å². The predicted molar refractivity (Wildman–Crippen MR) is 129 cm³/mol. The van der Waals surface area contributed by atoms with E-state index in [0.29, 0.717) is 24.9 Å². The lowest BCUT2D eigenvalue weighted by atomic mass is 9.97. The second kappa shape index (κ2) is 13.0. The van der Waals surface area contributed by atoms with Crippen molar-refractivity contribution in [3.63, 3.8) is 0 Å². The van der Waals surface area contributed by atoms with Crippen molar-refractivity contribution < 1.29 is 24.2 Å². The van der Waals surface area contributed by atoms with Crippen molar-refractivity contribution >= 4 is 35.9 Å². The lowest BCUT2D eigenvalue weighted by Gasteiger charge is -2.32. The number of nitrogens with zero attached hydrogens (tertiary/aromatic N) is 1. The number of carbonyl (C=O) groups excluding carboxylic acids is 2. The quantitative estimate of drug-likeness (QED) is 0.541. The summed E-state index contributed by atoms with van der Waals surface area (Å²) in [6, 6.07) is 15.9. The maximum absolute atomic E-state index is 13.4. The molecule has 1 amide bonds. The zero-order chi connectivity index (χ0) is 22.9. The molecule has 2 atom stereocenters. The monoisotopic (exact) mass is 474 g/mol. The van der Waals surface area contributed by atoms with Gasteiger partial charge in [-0.3, -0.25) is 24.6 Å². The molecule has 1 heterocycles. The standard InChI is InChI=1S/C25H30N2O5.ClH/c1-2-32-25(31)21(16-15-18-9-4-3-5-10-18)26-20-13-8-12-19-11-6-7-14-22(19)27(24(20)30)17-23(28)29;/h3-7,9-11,14,20-21,26H,2,8,12-13,15-17H2,1H3,(H,28,29);1H/t20-,21+;/m1./s1. The molecular weight excluding hydrogens is 444 g/mol. The minimum absolute atomic E-state index is 0. The molecule has 0 aliphatic carbocycles. The van der Waals surface area contributed by atoms with E-state index in [9.17, 15) is 19.5 Å². The Labute approximate surface area is 200 Å². The van der Waals surface area contributed by atoms with Crippen molar-refractivity contribution in [1.29, 1.82) is 0 Å². The van der Waals surface area contributed by atoms with E-state index in [4.69, 9.17) is 4.74 Å². The van der Waals surface area contributed by atoms with Gasteiger partial charge in [0.1, 0.15) is 12.6 Å². The number of hydrogen-bond acceptors (Lipinski definition) is 5. The number of hydrogen-bond donors (Lipinski definition) is 2. The number of aliphatic carboxylic acids is 1. The average molecular weight is 475 g/mol. The highest BCUT2D eigenvalue weighted by atomic mass is 35.5. The van der Waals surface area contributed by atoms with Crippen LogP contribution in [0.25, 0.3) is 0 Å². The summed E-state index contributed by atoms with van der Waals surface area (Å²) in [5.41, 5.74) is 2.66. The van der Waals surface area contributed by atoms with E-state index in [-0.39, 0.29) is 24.9 Å². The number of benzene rings is 2. The second-order valence-electron chi connectivity index (χ2n) is 7.89. The molecule has 0 spiro atoms. The van der Waals surface area contributed by atoms with Crippen LogP contribution in [0, 0.1) is 0 Å². The molecule has 178 valence electrons. The van der Waals surface area contributed by atoms with E-state index >= 15 is 0 Å². The Balaban J connectivity index is 0.00000385. The van der Waals surface area contributed by atoms with E-state index in [1.165, 1.54) is 4.90 Å². The number of ether oxygens (including phenoxy) is 1. The highest BCUT2D eigenvalue weighted by Crippen LogP contribution is 2.26. The van der Waals surface area contributed by atoms with Crippen LogP contribution in [0.15, 0.2) is 54.6 Å². The number of halogens is 1. The van der Waals surface area contributed by atoms with Crippen LogP contribution in [-0.2, 0) is 32.0 Å². The van der Waals surface area contributed by atoms with Gasteiger partial charge in [-0.15, -0.1) is 12.4 Å². The van der Waals surface area contributed by atoms with Crippen molar-refractivity contribution in [3.8, 4) is 0 Å². The molecule has 0 aromatic heterocycles. The Kier molecular flexibility index (Phi) is 10.4. The molecule has 0 unspecified atom stereocenters. The van der Waals surface area contributed by atoms with Gasteiger partial charge in [0, 0.05) is 5.69 Å². The molecule has 2 aromatic rings. The van der Waals surface area contributed by atoms with Crippen LogP contribution >= 0.6 is 12.4 Å². The molecule has 7 nitrogen and oxygen atoms in total. The molecule has 0 radical (unpaired) electrons. The van der Waals surface area contributed by atoms with Crippen LogP contribution in [0.4, 0.5) is 5.69 Å². The second-order valence-corrected chi connectivity index (χ2v) is 7.89. The Morgan fingerprint density at radius 1 is 1.15 bits per heavy atom. The van der Waals surface area contributed by atoms with Crippen LogP contribution in [0.1, 0.15) is 37.3 Å². The molecule has 1 aliphatic rings. The van der Waals surface area contributed by atoms with E-state index < -0.39 is 30.6 Å². The van der Waals surface area contributed by atoms with Crippen LogP contribution < -0.4 is 10.2 Å². The first-order valence-electron chi connectivity index (χ1n) is 11.1. The smallest absolute Gasteiger partial charge is 0.323 e. The molecule has 0 fully saturated rings. The molecular formula is C25H31ClN2O5. The molecule has 2 aromatic carbocycles. The molecule has 0 bridgehead atoms. The molecule has 1 aliphatic heterocycles. The highest BCUT2D eigenvalue weighted by molar-refractivity contribution is 6.01. The lowest BCUT2D eigenvalue weighted by Crippen LogP contribution is -2.54. The average Bonchev–Trinajstić information content (AvgIpc) is 2.79. The number of aryl methyl sites for hydroxylation is 2. The minimum Gasteiger partial charge on any atom is -0.480 e. The number of esters is 1. The topological polar surface area (TPSA) is 95.9 Å². The van der Waals surface area contributed by atoms with Gasteiger partial charge in [-0.05, 0) is 56.2 Å². The SMILES string of the molecule is CCOC(=O)[C@H](CCc1ccccc1)N[C@@H]1CCCc2ccccc2N(CC(=O)O)C1=O.Cl. The Hall–Kier alpha value is -2.90. The number of nitrogens with one attached hydrogen (secondary N) is 1. The fourth-order valence-electron chi connectivity index (χ4n) is 4.08. The van der Waals surface area contributed by atoms with E-state index in [0.717, 1.165) is 24.0 Å². The zero-order valence-electron chi connectivity index (χ0n) is 18.7. The van der Waals surface area contributed by atoms with Gasteiger partial charge in [0.05, 0.1) is 12.6 Å². The summed E-state index contributed by atoms with van der Waals surface area (Å²) in [5, 5.41) is 12.6. The molecule has 3 rings (SSSR count). The lowest BCUT2D eigenvalue weighted by molar-refractivity contribution is -0.146. The number of carbonyl (C=O) groups is 3. The number of fused-ring (bicyclic) bond motifs is 1. The largest absolute Gasteiger partial charge is 0.480 e. The van der Waals surface area contributed by atoms with Gasteiger partial charge < -0.3 is 9.84 Å². The van der Waals surface area contributed by atoms with Crippen LogP contribution in [0.2, 0.25) is 0 Å². The summed E-state index contributed by atoms with van der Waals surface area (Å²) in [6.45, 7) is 1.57. The summed E-state index contributed by atoms with van der Waals surface area (Å²) < 4.78 is 5.25. The maximum atomic E-state index is 13.4. The van der Waals surface area contributed by atoms with Crippen molar-refractivity contribution in [2.75, 3.05) is 18.1 Å². The van der Waals surface area contributed by atoms with Gasteiger partial charge >= 0.3 is 11.9 Å². The third kappa shape index (κ3) is 7.30. The van der Waals surface area contributed by atoms with Crippen molar-refractivity contribution in [2.45, 2.75) is 51.1 Å². The summed E-state index contributed by atoms with van der Waals surface area (Å²) >= 11 is 0. The third-order valence-electron chi connectivity index (χ3n) is 5.62. The minimum atomic E-state index is -1.08. The fraction of sp³-hybridized carbons (Fsp3) is 0.400. The number of amides is 1. The first-order valence-corrected chi connectivity index (χ1v) is 11.1. The molecule has 2 N–H and O–H groups in total. The maximum Gasteiger partial charge on any atom is 0.323 e. The summed E-state index contributed by atoms with van der Waals surface area (Å²) in [6.07, 6.45) is 3.11. The van der Waals surface area contributed by atoms with Crippen molar-refractivity contribution in [1.82, 2.24) is 5.32 Å². The molecule has 0 saturated heterocycles. The van der Waals surface area contributed by atoms with Gasteiger partial charge in [0.15, 0.2) is 0 Å². The normalized spacial score (nSPS) is 16.6. The molecule has 0 saturated carbocycles. The summed E-state index contributed by atoms with van der Waals surface area (Å²) in [5.74, 6) is -1.82. The van der Waals surface area contributed by atoms with Crippen LogP contribution in [0.3, 0.4) is 0 Å². The number of rotatable bonds is 9. The third-order valence-corrected chi connectivity index (χ3v) is 5.62. The first-order chi connectivity index (χ1) is 15.5. The Bertz CT molecular complexity index is 937. The van der Waals surface area contributed by atoms with Gasteiger partial charge in [-0.1, -0.05) is 48.5 Å². The number of carboxylic acid groups (broad SMARTS) is 1. The van der Waals surface area contributed by atoms with Gasteiger partial charge in [-0.2, -0.15) is 0 Å². The Morgan fingerprint density at radius 3 is 2.55 bits per heavy atom. The van der Waals surface area contributed by atoms with Gasteiger partial charge in [-0.25, -0.2) is 0 Å². The number of anilines is 1. The van der Waals surface area contributed by atoms with Gasteiger partial charge in [0.2, 0.25) is 5.91 Å². The van der Waals surface area contributed by atoms with Gasteiger partial charge in [0.25, 0.3) is 0 Å². The number of carboxylic acids is 1. The van der Waals surface area contributed by atoms with Crippen LogP contribution in [-0.4, -0.2) is 48.2 Å². The zero-order valence-corrected chi connectivity index (χ0v) is 19.6. The van der Waals surface area contributed by atoms with E-state index in [1.54, 1.807) is 19.1 Å².